The SMILES string of the molecule is CN(C)C1=CCN(c2ccc(C(F)(F)F)cn2)C=C1. The summed E-state index contributed by atoms with van der Waals surface area (Å²) in [6, 6.07) is 2.42. The molecule has 2 heterocycles. The number of nitrogens with zero attached hydrogens (tertiary/aromatic N) is 3. The third kappa shape index (κ3) is 3.07. The lowest BCUT2D eigenvalue weighted by molar-refractivity contribution is -0.137. The quantitative estimate of drug-likeness (QED) is 0.823. The summed E-state index contributed by atoms with van der Waals surface area (Å²) in [5.41, 5.74) is 0.324. The van der Waals surface area contributed by atoms with Crippen LogP contribution in [0, 0.1) is 0 Å². The Morgan fingerprint density at radius 1 is 1.26 bits per heavy atom. The van der Waals surface area contributed by atoms with Crippen LogP contribution in [0.25, 0.3) is 0 Å². The number of aromatic nitrogens is 1. The minimum atomic E-state index is -4.35. The molecular formula is C13H14F3N3. The average Bonchev–Trinajstić information content (AvgIpc) is 2.38. The number of alkyl halides is 3. The van der Waals surface area contributed by atoms with E-state index in [0.29, 0.717) is 12.4 Å². The molecule has 0 N–H and O–H groups in total. The average molecular weight is 269 g/mol. The molecule has 102 valence electrons. The first-order chi connectivity index (χ1) is 8.88. The Kier molecular flexibility index (Phi) is 3.50. The third-order valence-electron chi connectivity index (χ3n) is 2.81. The Hall–Kier alpha value is -1.98. The highest BCUT2D eigenvalue weighted by Crippen LogP contribution is 2.29. The predicted octanol–water partition coefficient (Wildman–Crippen LogP) is 2.88. The van der Waals surface area contributed by atoms with Crippen LogP contribution in [-0.4, -0.2) is 30.5 Å². The number of rotatable bonds is 2. The molecule has 3 nitrogen and oxygen atoms in total. The minimum absolute atomic E-state index is 0.498. The summed E-state index contributed by atoms with van der Waals surface area (Å²) in [7, 11) is 3.87. The van der Waals surface area contributed by atoms with Gasteiger partial charge in [-0.2, -0.15) is 13.2 Å². The molecule has 0 unspecified atom stereocenters. The van der Waals surface area contributed by atoms with Crippen molar-refractivity contribution in [1.82, 2.24) is 9.88 Å². The van der Waals surface area contributed by atoms with E-state index >= 15 is 0 Å². The maximum atomic E-state index is 12.4. The van der Waals surface area contributed by atoms with Crippen LogP contribution in [0.1, 0.15) is 5.56 Å². The number of anilines is 1. The molecule has 0 saturated carbocycles. The summed E-state index contributed by atoms with van der Waals surface area (Å²) in [5.74, 6) is 0.498. The van der Waals surface area contributed by atoms with Crippen LogP contribution in [0.4, 0.5) is 19.0 Å². The molecular weight excluding hydrogens is 255 g/mol. The van der Waals surface area contributed by atoms with Gasteiger partial charge in [0.15, 0.2) is 0 Å². The number of hydrogen-bond acceptors (Lipinski definition) is 3. The maximum absolute atomic E-state index is 12.4. The first-order valence-electron chi connectivity index (χ1n) is 5.73. The van der Waals surface area contributed by atoms with E-state index in [0.717, 1.165) is 18.0 Å². The topological polar surface area (TPSA) is 19.4 Å². The lowest BCUT2D eigenvalue weighted by Gasteiger charge is -2.24. The van der Waals surface area contributed by atoms with Gasteiger partial charge in [0.2, 0.25) is 0 Å². The molecule has 1 aromatic heterocycles. The first-order valence-corrected chi connectivity index (χ1v) is 5.73. The molecule has 0 saturated heterocycles. The van der Waals surface area contributed by atoms with Crippen molar-refractivity contribution in [1.29, 1.82) is 0 Å². The van der Waals surface area contributed by atoms with Crippen LogP contribution in [0.5, 0.6) is 0 Å². The number of pyridine rings is 1. The highest BCUT2D eigenvalue weighted by molar-refractivity contribution is 5.47. The Labute approximate surface area is 109 Å². The molecule has 1 aromatic rings. The molecule has 0 aromatic carbocycles. The molecule has 0 atom stereocenters. The molecule has 0 spiro atoms. The number of likely N-dealkylation sites (N-methyl/N-ethyl adjacent to an activating group) is 1. The van der Waals surface area contributed by atoms with Gasteiger partial charge in [0, 0.05) is 38.7 Å². The van der Waals surface area contributed by atoms with E-state index in [9.17, 15) is 13.2 Å². The van der Waals surface area contributed by atoms with E-state index < -0.39 is 11.7 Å². The van der Waals surface area contributed by atoms with Crippen molar-refractivity contribution in [3.05, 3.63) is 47.9 Å². The van der Waals surface area contributed by atoms with Gasteiger partial charge in [-0.05, 0) is 24.3 Å². The fourth-order valence-electron chi connectivity index (χ4n) is 1.71. The summed E-state index contributed by atoms with van der Waals surface area (Å²) in [4.78, 5) is 7.60. The van der Waals surface area contributed by atoms with Crippen molar-refractivity contribution >= 4 is 5.82 Å². The fourth-order valence-corrected chi connectivity index (χ4v) is 1.71. The van der Waals surface area contributed by atoms with E-state index in [4.69, 9.17) is 0 Å². The Morgan fingerprint density at radius 3 is 2.42 bits per heavy atom. The van der Waals surface area contributed by atoms with Crippen LogP contribution in [0.15, 0.2) is 42.4 Å². The van der Waals surface area contributed by atoms with Gasteiger partial charge in [-0.1, -0.05) is 0 Å². The van der Waals surface area contributed by atoms with Crippen LogP contribution in [0.3, 0.4) is 0 Å². The minimum Gasteiger partial charge on any atom is -0.378 e. The van der Waals surface area contributed by atoms with Crippen molar-refractivity contribution in [3.63, 3.8) is 0 Å². The van der Waals surface area contributed by atoms with Gasteiger partial charge in [0.05, 0.1) is 5.56 Å². The van der Waals surface area contributed by atoms with Crippen molar-refractivity contribution in [2.75, 3.05) is 25.5 Å². The van der Waals surface area contributed by atoms with Crippen molar-refractivity contribution in [2.45, 2.75) is 6.18 Å². The molecule has 19 heavy (non-hydrogen) atoms. The van der Waals surface area contributed by atoms with E-state index in [-0.39, 0.29) is 0 Å². The Morgan fingerprint density at radius 2 is 2.00 bits per heavy atom. The lowest BCUT2D eigenvalue weighted by atomic mass is 10.2. The standard InChI is InChI=1S/C13H14F3N3/c1-18(2)11-5-7-19(8-6-11)12-4-3-10(9-17-12)13(14,15)16/h3-7,9H,8H2,1-2H3. The Bertz CT molecular complexity index is 501. The molecule has 0 aliphatic carbocycles. The van der Waals surface area contributed by atoms with Crippen LogP contribution in [-0.2, 0) is 6.18 Å². The second-order valence-electron chi connectivity index (χ2n) is 4.39. The number of hydrogen-bond donors (Lipinski definition) is 0. The largest absolute Gasteiger partial charge is 0.417 e. The molecule has 0 fully saturated rings. The predicted molar refractivity (Wildman–Crippen MR) is 67.5 cm³/mol. The van der Waals surface area contributed by atoms with E-state index in [1.165, 1.54) is 6.07 Å². The van der Waals surface area contributed by atoms with E-state index in [1.54, 1.807) is 4.90 Å². The second-order valence-corrected chi connectivity index (χ2v) is 4.39. The molecule has 1 aliphatic rings. The van der Waals surface area contributed by atoms with Gasteiger partial charge in [-0.25, -0.2) is 4.98 Å². The normalized spacial score (nSPS) is 15.4. The summed E-state index contributed by atoms with van der Waals surface area (Å²) in [5, 5.41) is 0. The summed E-state index contributed by atoms with van der Waals surface area (Å²) >= 11 is 0. The molecule has 6 heteroatoms. The van der Waals surface area contributed by atoms with Gasteiger partial charge < -0.3 is 9.80 Å². The lowest BCUT2D eigenvalue weighted by Crippen LogP contribution is -2.23. The fraction of sp³-hybridized carbons (Fsp3) is 0.308. The first kappa shape index (κ1) is 13.5. The van der Waals surface area contributed by atoms with E-state index in [2.05, 4.69) is 4.98 Å². The molecule has 2 rings (SSSR count). The highest BCUT2D eigenvalue weighted by atomic mass is 19.4. The maximum Gasteiger partial charge on any atom is 0.417 e. The van der Waals surface area contributed by atoms with Gasteiger partial charge in [-0.3, -0.25) is 0 Å². The zero-order chi connectivity index (χ0) is 14.0. The smallest absolute Gasteiger partial charge is 0.378 e. The van der Waals surface area contributed by atoms with Crippen LogP contribution < -0.4 is 4.90 Å². The van der Waals surface area contributed by atoms with Crippen molar-refractivity contribution in [3.8, 4) is 0 Å². The summed E-state index contributed by atoms with van der Waals surface area (Å²) in [6.45, 7) is 0.586. The second kappa shape index (κ2) is 4.95. The van der Waals surface area contributed by atoms with Crippen molar-refractivity contribution in [2.24, 2.45) is 0 Å². The summed E-state index contributed by atoms with van der Waals surface area (Å²) < 4.78 is 37.3. The van der Waals surface area contributed by atoms with Crippen LogP contribution in [0.2, 0.25) is 0 Å². The van der Waals surface area contributed by atoms with Crippen molar-refractivity contribution < 1.29 is 13.2 Å². The molecule has 0 bridgehead atoms. The zero-order valence-corrected chi connectivity index (χ0v) is 10.6. The molecule has 0 amide bonds. The third-order valence-corrected chi connectivity index (χ3v) is 2.81. The number of halogens is 3. The van der Waals surface area contributed by atoms with Gasteiger partial charge >= 0.3 is 6.18 Å². The monoisotopic (exact) mass is 269 g/mol. The van der Waals surface area contributed by atoms with Gasteiger partial charge in [0.25, 0.3) is 0 Å². The Balaban J connectivity index is 2.12. The summed E-state index contributed by atoms with van der Waals surface area (Å²) in [6.07, 6.45) is 2.20. The zero-order valence-electron chi connectivity index (χ0n) is 10.6. The molecule has 0 radical (unpaired) electrons. The van der Waals surface area contributed by atoms with Gasteiger partial charge in [0.1, 0.15) is 5.82 Å². The highest BCUT2D eigenvalue weighted by Gasteiger charge is 2.30. The van der Waals surface area contributed by atoms with E-state index in [1.807, 2.05) is 37.3 Å². The number of allylic oxidation sites excluding steroid dienone is 1. The van der Waals surface area contributed by atoms with Gasteiger partial charge in [-0.15, -0.1) is 0 Å². The van der Waals surface area contributed by atoms with Crippen LogP contribution >= 0.6 is 0 Å². The molecule has 1 aliphatic heterocycles.